The molecule has 1 saturated carbocycles. The monoisotopic (exact) mass is 401 g/mol. The van der Waals surface area contributed by atoms with E-state index >= 15 is 0 Å². The summed E-state index contributed by atoms with van der Waals surface area (Å²) in [6.07, 6.45) is 1.65. The van der Waals surface area contributed by atoms with Crippen molar-refractivity contribution in [1.82, 2.24) is 15.2 Å². The predicted molar refractivity (Wildman–Crippen MR) is 110 cm³/mol. The molecule has 7 heteroatoms. The molecule has 1 aliphatic carbocycles. The fraction of sp³-hybridized carbons (Fsp3) is 0.476. The maximum absolute atomic E-state index is 13.2. The fourth-order valence-electron chi connectivity index (χ4n) is 3.11. The second-order valence-corrected chi connectivity index (χ2v) is 8.95. The minimum Gasteiger partial charge on any atom is -0.444 e. The summed E-state index contributed by atoms with van der Waals surface area (Å²) in [7, 11) is 1.79. The Morgan fingerprint density at radius 2 is 1.96 bits per heavy atom. The van der Waals surface area contributed by atoms with Gasteiger partial charge < -0.3 is 15.0 Å². The topological polar surface area (TPSA) is 71.5 Å². The number of likely N-dealkylation sites (N-methyl/N-ethyl adjacent to an activating group) is 1. The third-order valence-electron chi connectivity index (χ3n) is 4.64. The van der Waals surface area contributed by atoms with Gasteiger partial charge >= 0.3 is 6.09 Å². The number of thiazole rings is 1. The van der Waals surface area contributed by atoms with Crippen LogP contribution in [0, 0.1) is 5.92 Å². The van der Waals surface area contributed by atoms with E-state index < -0.39 is 11.7 Å². The van der Waals surface area contributed by atoms with Crippen LogP contribution >= 0.6 is 11.3 Å². The molecule has 150 valence electrons. The third-order valence-corrected chi connectivity index (χ3v) is 5.52. The van der Waals surface area contributed by atoms with Crippen molar-refractivity contribution < 1.29 is 14.3 Å². The lowest BCUT2D eigenvalue weighted by atomic mass is 10.1. The zero-order valence-corrected chi connectivity index (χ0v) is 17.6. The van der Waals surface area contributed by atoms with Crippen LogP contribution in [0.2, 0.25) is 0 Å². The van der Waals surface area contributed by atoms with Gasteiger partial charge in [-0.1, -0.05) is 30.3 Å². The highest BCUT2D eigenvalue weighted by molar-refractivity contribution is 7.13. The lowest BCUT2D eigenvalue weighted by Crippen LogP contribution is -2.47. The molecule has 0 radical (unpaired) electrons. The van der Waals surface area contributed by atoms with Crippen LogP contribution in [0.3, 0.4) is 0 Å². The van der Waals surface area contributed by atoms with Crippen LogP contribution in [-0.4, -0.2) is 47.1 Å². The molecule has 1 heterocycles. The Morgan fingerprint density at radius 1 is 1.29 bits per heavy atom. The number of alkyl carbamates (subject to hydrolysis) is 1. The predicted octanol–water partition coefficient (Wildman–Crippen LogP) is 4.19. The van der Waals surface area contributed by atoms with Gasteiger partial charge in [0.2, 0.25) is 0 Å². The summed E-state index contributed by atoms with van der Waals surface area (Å²) in [5.74, 6) is 0.269. The van der Waals surface area contributed by atoms with Crippen molar-refractivity contribution in [3.63, 3.8) is 0 Å². The van der Waals surface area contributed by atoms with E-state index in [9.17, 15) is 9.59 Å². The van der Waals surface area contributed by atoms with Gasteiger partial charge in [0.05, 0.1) is 16.4 Å². The van der Waals surface area contributed by atoms with Crippen LogP contribution < -0.4 is 5.32 Å². The van der Waals surface area contributed by atoms with E-state index in [1.165, 1.54) is 11.3 Å². The Labute approximate surface area is 169 Å². The second kappa shape index (κ2) is 8.31. The van der Waals surface area contributed by atoms with Crippen molar-refractivity contribution in [3.05, 3.63) is 41.5 Å². The first-order valence-corrected chi connectivity index (χ1v) is 10.4. The summed E-state index contributed by atoms with van der Waals surface area (Å²) >= 11 is 1.46. The number of amides is 2. The molecule has 0 aliphatic heterocycles. The normalized spacial score (nSPS) is 15.0. The molecule has 3 rings (SSSR count). The van der Waals surface area contributed by atoms with E-state index in [0.29, 0.717) is 18.2 Å². The zero-order valence-electron chi connectivity index (χ0n) is 16.8. The van der Waals surface area contributed by atoms with Crippen LogP contribution in [0.25, 0.3) is 10.4 Å². The highest BCUT2D eigenvalue weighted by Crippen LogP contribution is 2.36. The molecule has 1 aromatic heterocycles. The van der Waals surface area contributed by atoms with Crippen molar-refractivity contribution in [2.75, 3.05) is 13.6 Å². The summed E-state index contributed by atoms with van der Waals surface area (Å²) in [5, 5.41) is 2.82. The van der Waals surface area contributed by atoms with Gasteiger partial charge in [0.1, 0.15) is 11.3 Å². The lowest BCUT2D eigenvalue weighted by Gasteiger charge is -2.29. The molecule has 1 aliphatic rings. The number of ether oxygens (including phenoxy) is 1. The number of benzene rings is 1. The summed E-state index contributed by atoms with van der Waals surface area (Å²) < 4.78 is 5.31. The number of carbonyl (C=O) groups is 2. The smallest absolute Gasteiger partial charge is 0.407 e. The van der Waals surface area contributed by atoms with Crippen molar-refractivity contribution in [2.24, 2.45) is 5.92 Å². The molecule has 28 heavy (non-hydrogen) atoms. The summed E-state index contributed by atoms with van der Waals surface area (Å²) in [6.45, 7) is 5.85. The maximum Gasteiger partial charge on any atom is 0.407 e. The van der Waals surface area contributed by atoms with Gasteiger partial charge in [-0.25, -0.2) is 9.78 Å². The van der Waals surface area contributed by atoms with Crippen LogP contribution in [0.15, 0.2) is 35.8 Å². The van der Waals surface area contributed by atoms with Gasteiger partial charge in [0.25, 0.3) is 5.91 Å². The Morgan fingerprint density at radius 3 is 2.57 bits per heavy atom. The van der Waals surface area contributed by atoms with Gasteiger partial charge in [-0.15, -0.1) is 11.3 Å². The standard InChI is InChI=1S/C21H27N3O3S/c1-21(2,3)27-20(26)22-12-16(14-10-11-14)24(4)19(25)17-18(28-13-23-17)15-8-6-5-7-9-15/h5-9,13-14,16H,10-12H2,1-4H3,(H,22,26). The van der Waals surface area contributed by atoms with Gasteiger partial charge in [-0.05, 0) is 45.1 Å². The first-order valence-electron chi connectivity index (χ1n) is 9.49. The van der Waals surface area contributed by atoms with Crippen molar-refractivity contribution in [2.45, 2.75) is 45.3 Å². The SMILES string of the molecule is CN(C(=O)c1ncsc1-c1ccccc1)C(CNC(=O)OC(C)(C)C)C1CC1. The van der Waals surface area contributed by atoms with Crippen molar-refractivity contribution in [3.8, 4) is 10.4 Å². The molecule has 1 aromatic carbocycles. The average Bonchev–Trinajstić information content (AvgIpc) is 3.35. The number of rotatable bonds is 6. The Hall–Kier alpha value is -2.41. The van der Waals surface area contributed by atoms with E-state index in [4.69, 9.17) is 4.74 Å². The van der Waals surface area contributed by atoms with Crippen LogP contribution in [0.4, 0.5) is 4.79 Å². The molecule has 6 nitrogen and oxygen atoms in total. The molecule has 0 saturated heterocycles. The minimum atomic E-state index is -0.550. The first-order chi connectivity index (χ1) is 13.3. The molecule has 1 atom stereocenters. The number of nitrogens with zero attached hydrogens (tertiary/aromatic N) is 2. The van der Waals surface area contributed by atoms with E-state index in [-0.39, 0.29) is 11.9 Å². The average molecular weight is 402 g/mol. The molecule has 2 aromatic rings. The highest BCUT2D eigenvalue weighted by Gasteiger charge is 2.37. The summed E-state index contributed by atoms with van der Waals surface area (Å²) in [5.41, 5.74) is 2.60. The van der Waals surface area contributed by atoms with Gasteiger partial charge in [-0.3, -0.25) is 4.79 Å². The van der Waals surface area contributed by atoms with Crippen LogP contribution in [-0.2, 0) is 4.74 Å². The quantitative estimate of drug-likeness (QED) is 0.788. The van der Waals surface area contributed by atoms with Crippen molar-refractivity contribution >= 4 is 23.3 Å². The number of nitrogens with one attached hydrogen (secondary N) is 1. The summed E-state index contributed by atoms with van der Waals surface area (Å²) in [4.78, 5) is 32.1. The molecular formula is C21H27N3O3S. The van der Waals surface area contributed by atoms with Gasteiger partial charge in [0.15, 0.2) is 0 Å². The van der Waals surface area contributed by atoms with E-state index in [1.807, 2.05) is 51.1 Å². The summed E-state index contributed by atoms with van der Waals surface area (Å²) in [6, 6.07) is 9.73. The van der Waals surface area contributed by atoms with Gasteiger partial charge in [-0.2, -0.15) is 0 Å². The number of hydrogen-bond acceptors (Lipinski definition) is 5. The number of aromatic nitrogens is 1. The van der Waals surface area contributed by atoms with Crippen LogP contribution in [0.5, 0.6) is 0 Å². The fourth-order valence-corrected chi connectivity index (χ4v) is 3.90. The molecule has 1 fully saturated rings. The largest absolute Gasteiger partial charge is 0.444 e. The minimum absolute atomic E-state index is 0.0784. The molecule has 2 amide bonds. The maximum atomic E-state index is 13.2. The zero-order chi connectivity index (χ0) is 20.3. The first kappa shape index (κ1) is 20.3. The molecule has 1 unspecified atom stereocenters. The molecular weight excluding hydrogens is 374 g/mol. The Bertz CT molecular complexity index is 825. The number of carbonyl (C=O) groups excluding carboxylic acids is 2. The van der Waals surface area contributed by atoms with Crippen LogP contribution in [0.1, 0.15) is 44.1 Å². The Balaban J connectivity index is 1.71. The van der Waals surface area contributed by atoms with E-state index in [1.54, 1.807) is 17.5 Å². The van der Waals surface area contributed by atoms with E-state index in [0.717, 1.165) is 23.3 Å². The Kier molecular flexibility index (Phi) is 6.03. The number of hydrogen-bond donors (Lipinski definition) is 1. The molecule has 0 bridgehead atoms. The molecule has 0 spiro atoms. The molecule has 1 N–H and O–H groups in total. The van der Waals surface area contributed by atoms with Gasteiger partial charge in [0, 0.05) is 13.6 Å². The second-order valence-electron chi connectivity index (χ2n) is 8.10. The van der Waals surface area contributed by atoms with E-state index in [2.05, 4.69) is 10.3 Å². The van der Waals surface area contributed by atoms with Crippen molar-refractivity contribution in [1.29, 1.82) is 0 Å². The lowest BCUT2D eigenvalue weighted by molar-refractivity contribution is 0.0490. The third kappa shape index (κ3) is 5.10. The highest BCUT2D eigenvalue weighted by atomic mass is 32.1.